The van der Waals surface area contributed by atoms with Crippen molar-refractivity contribution in [3.05, 3.63) is 0 Å². The van der Waals surface area contributed by atoms with E-state index in [0.717, 1.165) is 25.5 Å². The molecule has 4 heteroatoms. The fourth-order valence-electron chi connectivity index (χ4n) is 4.00. The second-order valence-corrected chi connectivity index (χ2v) is 7.80. The van der Waals surface area contributed by atoms with Gasteiger partial charge in [0.15, 0.2) is 0 Å². The predicted octanol–water partition coefficient (Wildman–Crippen LogP) is 3.30. The van der Waals surface area contributed by atoms with Crippen LogP contribution in [0.2, 0.25) is 0 Å². The van der Waals surface area contributed by atoms with E-state index in [1.54, 1.807) is 0 Å². The number of hydrogen-bond acceptors (Lipinski definition) is 3. The van der Waals surface area contributed by atoms with Gasteiger partial charge in [0.05, 0.1) is 5.54 Å². The number of hydrogen-bond donors (Lipinski definition) is 1. The molecule has 114 valence electrons. The normalized spacial score (nSPS) is 35.6. The lowest BCUT2D eigenvalue weighted by molar-refractivity contribution is -0.109. The third-order valence-corrected chi connectivity index (χ3v) is 5.17. The zero-order valence-corrected chi connectivity index (χ0v) is 13.3. The van der Waals surface area contributed by atoms with Crippen LogP contribution in [-0.2, 0) is 9.53 Å². The minimum Gasteiger partial charge on any atom is -0.444 e. The number of amides is 1. The van der Waals surface area contributed by atoms with Crippen LogP contribution >= 0.6 is 0 Å². The lowest BCUT2D eigenvalue weighted by Gasteiger charge is -2.32. The van der Waals surface area contributed by atoms with Gasteiger partial charge in [0.25, 0.3) is 0 Å². The van der Waals surface area contributed by atoms with Gasteiger partial charge in [0.2, 0.25) is 0 Å². The summed E-state index contributed by atoms with van der Waals surface area (Å²) in [6.07, 6.45) is 4.03. The number of fused-ring (bicyclic) bond motifs is 1. The molecule has 0 aliphatic heterocycles. The molecule has 2 aliphatic carbocycles. The molecule has 4 nitrogen and oxygen atoms in total. The highest BCUT2D eigenvalue weighted by atomic mass is 16.6. The topological polar surface area (TPSA) is 55.4 Å². The molecule has 0 radical (unpaired) electrons. The number of carbonyl (C=O) groups excluding carboxylic acids is 2. The van der Waals surface area contributed by atoms with Crippen LogP contribution in [0.4, 0.5) is 4.79 Å². The number of aldehydes is 1. The summed E-state index contributed by atoms with van der Waals surface area (Å²) < 4.78 is 5.37. The summed E-state index contributed by atoms with van der Waals surface area (Å²) in [7, 11) is 0. The molecule has 2 rings (SSSR count). The lowest BCUT2D eigenvalue weighted by atomic mass is 9.88. The molecular weight excluding hydrogens is 254 g/mol. The van der Waals surface area contributed by atoms with Gasteiger partial charge in [-0.15, -0.1) is 0 Å². The minimum atomic E-state index is -0.510. The highest BCUT2D eigenvalue weighted by molar-refractivity contribution is 5.70. The van der Waals surface area contributed by atoms with Crippen molar-refractivity contribution in [1.29, 1.82) is 0 Å². The summed E-state index contributed by atoms with van der Waals surface area (Å²) in [4.78, 5) is 23.2. The van der Waals surface area contributed by atoms with Gasteiger partial charge in [0.1, 0.15) is 11.9 Å². The number of rotatable bonds is 4. The van der Waals surface area contributed by atoms with Gasteiger partial charge >= 0.3 is 6.09 Å². The second-order valence-electron chi connectivity index (χ2n) is 7.80. The Morgan fingerprint density at radius 2 is 2.05 bits per heavy atom. The van der Waals surface area contributed by atoms with E-state index in [1.807, 2.05) is 20.8 Å². The average Bonchev–Trinajstić information content (AvgIpc) is 2.94. The van der Waals surface area contributed by atoms with Crippen molar-refractivity contribution in [1.82, 2.24) is 5.32 Å². The van der Waals surface area contributed by atoms with E-state index in [2.05, 4.69) is 19.2 Å². The summed E-state index contributed by atoms with van der Waals surface area (Å²) in [6, 6.07) is 0. The van der Waals surface area contributed by atoms with Crippen molar-refractivity contribution in [2.24, 2.45) is 17.3 Å². The maximum Gasteiger partial charge on any atom is 0.408 e. The van der Waals surface area contributed by atoms with Gasteiger partial charge in [-0.2, -0.15) is 0 Å². The second kappa shape index (κ2) is 4.74. The third kappa shape index (κ3) is 2.57. The van der Waals surface area contributed by atoms with Crippen LogP contribution in [0.1, 0.15) is 60.3 Å². The van der Waals surface area contributed by atoms with Crippen molar-refractivity contribution >= 4 is 12.4 Å². The molecule has 3 atom stereocenters. The molecule has 0 saturated heterocycles. The summed E-state index contributed by atoms with van der Waals surface area (Å²) >= 11 is 0. The van der Waals surface area contributed by atoms with Crippen LogP contribution in [0.5, 0.6) is 0 Å². The quantitative estimate of drug-likeness (QED) is 0.804. The number of alkyl carbamates (subject to hydrolysis) is 1. The standard InChI is InChI=1S/C16H27NO3/c1-11(2)15-6-7-16(8-9-18,12(15)10-15)17-13(19)20-14(3,4)5/h9,11-12H,6-8,10H2,1-5H3,(H,17,19)/t12-,15+,16?/m1/s1. The molecule has 0 aromatic carbocycles. The van der Waals surface area contributed by atoms with Crippen LogP contribution in [0.25, 0.3) is 0 Å². The Bertz CT molecular complexity index is 412. The first-order valence-corrected chi connectivity index (χ1v) is 7.60. The molecule has 2 fully saturated rings. The van der Waals surface area contributed by atoms with Crippen molar-refractivity contribution in [2.45, 2.75) is 71.4 Å². The lowest BCUT2D eigenvalue weighted by Crippen LogP contribution is -2.51. The smallest absolute Gasteiger partial charge is 0.408 e. The van der Waals surface area contributed by atoms with Gasteiger partial charge in [-0.3, -0.25) is 0 Å². The minimum absolute atomic E-state index is 0.331. The van der Waals surface area contributed by atoms with Gasteiger partial charge in [-0.25, -0.2) is 4.79 Å². The Hall–Kier alpha value is -1.06. The first kappa shape index (κ1) is 15.3. The monoisotopic (exact) mass is 281 g/mol. The van der Waals surface area contributed by atoms with Crippen LogP contribution in [0.3, 0.4) is 0 Å². The van der Waals surface area contributed by atoms with E-state index < -0.39 is 11.7 Å². The summed E-state index contributed by atoms with van der Waals surface area (Å²) in [6.45, 7) is 10.0. The van der Waals surface area contributed by atoms with E-state index in [4.69, 9.17) is 4.74 Å². The maximum atomic E-state index is 12.1. The van der Waals surface area contributed by atoms with E-state index in [-0.39, 0.29) is 5.54 Å². The molecule has 20 heavy (non-hydrogen) atoms. The molecule has 2 saturated carbocycles. The van der Waals surface area contributed by atoms with Crippen LogP contribution < -0.4 is 5.32 Å². The summed E-state index contributed by atoms with van der Waals surface area (Å²) in [5, 5.41) is 3.03. The first-order valence-electron chi connectivity index (χ1n) is 7.60. The van der Waals surface area contributed by atoms with E-state index in [0.29, 0.717) is 23.7 Å². The van der Waals surface area contributed by atoms with Crippen LogP contribution in [-0.4, -0.2) is 23.5 Å². The zero-order chi connectivity index (χ0) is 15.2. The largest absolute Gasteiger partial charge is 0.444 e. The van der Waals surface area contributed by atoms with Gasteiger partial charge in [0, 0.05) is 6.42 Å². The first-order chi connectivity index (χ1) is 9.15. The molecule has 0 heterocycles. The third-order valence-electron chi connectivity index (χ3n) is 5.17. The Morgan fingerprint density at radius 1 is 1.40 bits per heavy atom. The van der Waals surface area contributed by atoms with Crippen LogP contribution in [0.15, 0.2) is 0 Å². The Balaban J connectivity index is 2.10. The molecule has 1 unspecified atom stereocenters. The van der Waals surface area contributed by atoms with Gasteiger partial charge < -0.3 is 14.8 Å². The highest BCUT2D eigenvalue weighted by Gasteiger charge is 2.69. The van der Waals surface area contributed by atoms with Crippen LogP contribution in [0, 0.1) is 17.3 Å². The maximum absolute atomic E-state index is 12.1. The van der Waals surface area contributed by atoms with Crippen molar-refractivity contribution < 1.29 is 14.3 Å². The predicted molar refractivity (Wildman–Crippen MR) is 77.4 cm³/mol. The average molecular weight is 281 g/mol. The van der Waals surface area contributed by atoms with Gasteiger partial charge in [-0.1, -0.05) is 13.8 Å². The van der Waals surface area contributed by atoms with Crippen molar-refractivity contribution in [3.63, 3.8) is 0 Å². The fourth-order valence-corrected chi connectivity index (χ4v) is 4.00. The molecule has 1 N–H and O–H groups in total. The Morgan fingerprint density at radius 3 is 2.45 bits per heavy atom. The molecule has 0 bridgehead atoms. The van der Waals surface area contributed by atoms with E-state index >= 15 is 0 Å². The summed E-state index contributed by atoms with van der Waals surface area (Å²) in [5.41, 5.74) is -0.559. The molecule has 0 aromatic heterocycles. The Labute approximate surface area is 121 Å². The molecule has 1 amide bonds. The van der Waals surface area contributed by atoms with Crippen molar-refractivity contribution in [3.8, 4) is 0 Å². The summed E-state index contributed by atoms with van der Waals surface area (Å²) in [5.74, 6) is 1.02. The number of ether oxygens (including phenoxy) is 1. The molecular formula is C16H27NO3. The SMILES string of the molecule is CC(C)[C@@]12CCC(CC=O)(NC(=O)OC(C)(C)C)[C@@H]1C2. The fraction of sp³-hybridized carbons (Fsp3) is 0.875. The number of carbonyl (C=O) groups is 2. The number of nitrogens with one attached hydrogen (secondary N) is 1. The molecule has 2 aliphatic rings. The zero-order valence-electron chi connectivity index (χ0n) is 13.3. The van der Waals surface area contributed by atoms with E-state index in [9.17, 15) is 9.59 Å². The van der Waals surface area contributed by atoms with Gasteiger partial charge in [-0.05, 0) is 57.3 Å². The van der Waals surface area contributed by atoms with Crippen molar-refractivity contribution in [2.75, 3.05) is 0 Å². The molecule has 0 spiro atoms. The Kier molecular flexibility index (Phi) is 3.64. The van der Waals surface area contributed by atoms with E-state index in [1.165, 1.54) is 0 Å². The highest BCUT2D eigenvalue weighted by Crippen LogP contribution is 2.71. The molecule has 0 aromatic rings.